The predicted molar refractivity (Wildman–Crippen MR) is 48.3 cm³/mol. The van der Waals surface area contributed by atoms with E-state index in [9.17, 15) is 0 Å². The van der Waals surface area contributed by atoms with E-state index in [1.54, 1.807) is 12.8 Å². The van der Waals surface area contributed by atoms with Crippen LogP contribution in [0.3, 0.4) is 0 Å². The predicted octanol–water partition coefficient (Wildman–Crippen LogP) is 3.32. The van der Waals surface area contributed by atoms with E-state index in [4.69, 9.17) is 0 Å². The fraction of sp³-hybridized carbons (Fsp3) is 1.00. The zero-order chi connectivity index (χ0) is 8.22. The minimum Gasteiger partial charge on any atom is -0.0625 e. The Hall–Kier alpha value is 0. The Morgan fingerprint density at radius 2 is 1.36 bits per heavy atom. The third kappa shape index (κ3) is 0.947. The summed E-state index contributed by atoms with van der Waals surface area (Å²) in [6.07, 6.45) is 3.13. The zero-order valence-electron chi connectivity index (χ0n) is 8.22. The highest BCUT2D eigenvalue weighted by molar-refractivity contribution is 5.21. The van der Waals surface area contributed by atoms with Gasteiger partial charge in [-0.15, -0.1) is 0 Å². The SMILES string of the molecule is CC(C)C(C(C)C)C12CC1C2. The molecule has 0 radical (unpaired) electrons. The van der Waals surface area contributed by atoms with Crippen LogP contribution >= 0.6 is 0 Å². The first kappa shape index (κ1) is 7.64. The summed E-state index contributed by atoms with van der Waals surface area (Å²) in [5, 5.41) is 0. The summed E-state index contributed by atoms with van der Waals surface area (Å²) in [4.78, 5) is 0. The van der Waals surface area contributed by atoms with Gasteiger partial charge in [-0.3, -0.25) is 0 Å². The van der Waals surface area contributed by atoms with Gasteiger partial charge in [0.05, 0.1) is 0 Å². The Balaban J connectivity index is 2.04. The lowest BCUT2D eigenvalue weighted by atomic mass is 9.77. The first-order valence-corrected chi connectivity index (χ1v) is 5.08. The molecule has 2 aliphatic carbocycles. The molecule has 0 saturated heterocycles. The van der Waals surface area contributed by atoms with Crippen molar-refractivity contribution in [1.29, 1.82) is 0 Å². The van der Waals surface area contributed by atoms with Gasteiger partial charge in [-0.25, -0.2) is 0 Å². The zero-order valence-corrected chi connectivity index (χ0v) is 8.22. The second-order valence-electron chi connectivity index (χ2n) is 5.35. The maximum Gasteiger partial charge on any atom is -0.0230 e. The van der Waals surface area contributed by atoms with Crippen molar-refractivity contribution in [3.63, 3.8) is 0 Å². The van der Waals surface area contributed by atoms with E-state index in [1.165, 1.54) is 0 Å². The van der Waals surface area contributed by atoms with Gasteiger partial charge in [0.1, 0.15) is 0 Å². The van der Waals surface area contributed by atoms with Crippen molar-refractivity contribution in [3.8, 4) is 0 Å². The van der Waals surface area contributed by atoms with Gasteiger partial charge >= 0.3 is 0 Å². The molecule has 2 rings (SSSR count). The summed E-state index contributed by atoms with van der Waals surface area (Å²) in [6.45, 7) is 9.58. The van der Waals surface area contributed by atoms with Crippen molar-refractivity contribution in [2.45, 2.75) is 40.5 Å². The summed E-state index contributed by atoms with van der Waals surface area (Å²) >= 11 is 0. The van der Waals surface area contributed by atoms with Crippen LogP contribution in [0, 0.1) is 29.1 Å². The molecule has 0 spiro atoms. The molecule has 0 aromatic carbocycles. The molecule has 2 saturated carbocycles. The molecule has 0 nitrogen and oxygen atoms in total. The monoisotopic (exact) mass is 152 g/mol. The van der Waals surface area contributed by atoms with Gasteiger partial charge in [0.25, 0.3) is 0 Å². The van der Waals surface area contributed by atoms with Gasteiger partial charge in [0.15, 0.2) is 0 Å². The summed E-state index contributed by atoms with van der Waals surface area (Å²) in [7, 11) is 0. The van der Waals surface area contributed by atoms with Crippen molar-refractivity contribution in [1.82, 2.24) is 0 Å². The first-order chi connectivity index (χ1) is 5.08. The highest BCUT2D eigenvalue weighted by atomic mass is 14.8. The van der Waals surface area contributed by atoms with Crippen molar-refractivity contribution >= 4 is 0 Å². The van der Waals surface area contributed by atoms with Gasteiger partial charge < -0.3 is 0 Å². The van der Waals surface area contributed by atoms with E-state index in [1.807, 2.05) is 0 Å². The Labute approximate surface area is 70.4 Å². The van der Waals surface area contributed by atoms with Gasteiger partial charge in [-0.1, -0.05) is 27.7 Å². The quantitative estimate of drug-likeness (QED) is 0.582. The molecule has 2 fully saturated rings. The molecule has 11 heavy (non-hydrogen) atoms. The van der Waals surface area contributed by atoms with E-state index in [0.717, 1.165) is 29.1 Å². The molecule has 0 aromatic rings. The van der Waals surface area contributed by atoms with Crippen LogP contribution in [-0.4, -0.2) is 0 Å². The van der Waals surface area contributed by atoms with Gasteiger partial charge in [-0.05, 0) is 41.9 Å². The molecule has 0 heteroatoms. The number of hydrogen-bond acceptors (Lipinski definition) is 0. The molecule has 0 unspecified atom stereocenters. The molecule has 0 N–H and O–H groups in total. The molecule has 0 atom stereocenters. The smallest absolute Gasteiger partial charge is 0.0230 e. The van der Waals surface area contributed by atoms with Crippen LogP contribution in [0.25, 0.3) is 0 Å². The second-order valence-corrected chi connectivity index (χ2v) is 5.35. The van der Waals surface area contributed by atoms with Crippen LogP contribution in [0.4, 0.5) is 0 Å². The van der Waals surface area contributed by atoms with E-state index >= 15 is 0 Å². The fourth-order valence-electron chi connectivity index (χ4n) is 3.38. The third-order valence-corrected chi connectivity index (χ3v) is 3.85. The molecule has 2 aliphatic rings. The van der Waals surface area contributed by atoms with E-state index in [-0.39, 0.29) is 0 Å². The minimum absolute atomic E-state index is 0.877. The Morgan fingerprint density at radius 3 is 1.45 bits per heavy atom. The van der Waals surface area contributed by atoms with Crippen molar-refractivity contribution < 1.29 is 0 Å². The Morgan fingerprint density at radius 1 is 1.00 bits per heavy atom. The lowest BCUT2D eigenvalue weighted by Gasteiger charge is -2.27. The lowest BCUT2D eigenvalue weighted by molar-refractivity contribution is 0.210. The topological polar surface area (TPSA) is 0 Å². The summed E-state index contributed by atoms with van der Waals surface area (Å²) < 4.78 is 0. The van der Waals surface area contributed by atoms with Crippen molar-refractivity contribution in [3.05, 3.63) is 0 Å². The standard InChI is InChI=1S/C11H20/c1-7(2)10(8(3)4)11-5-9(11)6-11/h7-10H,5-6H2,1-4H3. The van der Waals surface area contributed by atoms with Crippen LogP contribution in [-0.2, 0) is 0 Å². The molecular formula is C11H20. The number of hydrogen-bond donors (Lipinski definition) is 0. The van der Waals surface area contributed by atoms with Crippen LogP contribution < -0.4 is 0 Å². The van der Waals surface area contributed by atoms with E-state index < -0.39 is 0 Å². The molecule has 0 aliphatic heterocycles. The highest BCUT2D eigenvalue weighted by Crippen LogP contribution is 2.80. The first-order valence-electron chi connectivity index (χ1n) is 5.08. The van der Waals surface area contributed by atoms with Crippen LogP contribution in [0.15, 0.2) is 0 Å². The number of fused-ring (bicyclic) bond motifs is 1. The second kappa shape index (κ2) is 2.02. The van der Waals surface area contributed by atoms with E-state index in [0.29, 0.717) is 0 Å². The summed E-state index contributed by atoms with van der Waals surface area (Å²) in [5.41, 5.74) is 0.877. The van der Waals surface area contributed by atoms with Crippen LogP contribution in [0.1, 0.15) is 40.5 Å². The van der Waals surface area contributed by atoms with Crippen molar-refractivity contribution in [2.24, 2.45) is 29.1 Å². The summed E-state index contributed by atoms with van der Waals surface area (Å²) in [5.74, 6) is 4.00. The van der Waals surface area contributed by atoms with Gasteiger partial charge in [-0.2, -0.15) is 0 Å². The fourth-order valence-corrected chi connectivity index (χ4v) is 3.38. The molecule has 0 bridgehead atoms. The normalized spacial score (nSPS) is 40.1. The lowest BCUT2D eigenvalue weighted by Crippen LogP contribution is -2.21. The van der Waals surface area contributed by atoms with Crippen molar-refractivity contribution in [2.75, 3.05) is 0 Å². The Kier molecular flexibility index (Phi) is 1.41. The average Bonchev–Trinajstić information content (AvgIpc) is 2.49. The van der Waals surface area contributed by atoms with Gasteiger partial charge in [0, 0.05) is 0 Å². The minimum atomic E-state index is 0.877. The maximum atomic E-state index is 2.40. The molecular weight excluding hydrogens is 132 g/mol. The molecule has 64 valence electrons. The third-order valence-electron chi connectivity index (χ3n) is 3.85. The molecule has 0 amide bonds. The average molecular weight is 152 g/mol. The summed E-state index contributed by atoms with van der Waals surface area (Å²) in [6, 6.07) is 0. The highest BCUT2D eigenvalue weighted by Gasteiger charge is 2.73. The number of rotatable bonds is 3. The van der Waals surface area contributed by atoms with Crippen LogP contribution in [0.2, 0.25) is 0 Å². The molecule has 0 aromatic heterocycles. The van der Waals surface area contributed by atoms with E-state index in [2.05, 4.69) is 27.7 Å². The largest absolute Gasteiger partial charge is 0.0625 e. The maximum absolute atomic E-state index is 2.40. The molecule has 0 heterocycles. The van der Waals surface area contributed by atoms with Crippen LogP contribution in [0.5, 0.6) is 0 Å². The Bertz CT molecular complexity index is 153. The van der Waals surface area contributed by atoms with Gasteiger partial charge in [0.2, 0.25) is 0 Å².